The summed E-state index contributed by atoms with van der Waals surface area (Å²) in [4.78, 5) is 52.4. The fourth-order valence-corrected chi connectivity index (χ4v) is 5.13. The number of hydrogen-bond acceptors (Lipinski definition) is 7. The van der Waals surface area contributed by atoms with Crippen LogP contribution in [-0.2, 0) is 4.79 Å². The SMILES string of the molecule is CC1(C)[C@@H](N(O)C(=O)Nc2ccc(Cl)cc2)N(c2ccc(Cl)cc2)C(=O)N1CCCCC(=O)N/N=C/c1ccc([N+](=O)[O-])cc1. The number of amides is 5. The number of carbonyl (C=O) groups is 3. The summed E-state index contributed by atoms with van der Waals surface area (Å²) in [6.07, 6.45) is 1.24. The number of non-ortho nitro benzene ring substituents is 1. The first-order valence-electron chi connectivity index (χ1n) is 13.9. The minimum Gasteiger partial charge on any atom is -0.315 e. The van der Waals surface area contributed by atoms with Crippen LogP contribution in [0.2, 0.25) is 10.0 Å². The maximum absolute atomic E-state index is 13.8. The van der Waals surface area contributed by atoms with Gasteiger partial charge in [0.15, 0.2) is 6.17 Å². The van der Waals surface area contributed by atoms with Crippen LogP contribution in [0, 0.1) is 10.1 Å². The van der Waals surface area contributed by atoms with Crippen molar-refractivity contribution in [2.24, 2.45) is 5.10 Å². The number of anilines is 2. The predicted molar refractivity (Wildman–Crippen MR) is 171 cm³/mol. The van der Waals surface area contributed by atoms with Gasteiger partial charge in [0.25, 0.3) is 5.69 Å². The summed E-state index contributed by atoms with van der Waals surface area (Å²) in [5.74, 6) is -0.346. The van der Waals surface area contributed by atoms with E-state index in [0.717, 1.165) is 0 Å². The molecular weight excluding hydrogens is 625 g/mol. The van der Waals surface area contributed by atoms with Crippen LogP contribution in [0.15, 0.2) is 77.9 Å². The Morgan fingerprint density at radius 3 is 2.22 bits per heavy atom. The van der Waals surface area contributed by atoms with Crippen LogP contribution in [-0.4, -0.2) is 62.5 Å². The van der Waals surface area contributed by atoms with E-state index in [4.69, 9.17) is 23.2 Å². The number of urea groups is 2. The number of benzene rings is 3. The van der Waals surface area contributed by atoms with Gasteiger partial charge in [-0.25, -0.2) is 15.0 Å². The zero-order valence-corrected chi connectivity index (χ0v) is 25.9. The summed E-state index contributed by atoms with van der Waals surface area (Å²) in [5.41, 5.74) is 2.70. The lowest BCUT2D eigenvalue weighted by Gasteiger charge is -2.38. The molecule has 1 aliphatic heterocycles. The third kappa shape index (κ3) is 8.06. The van der Waals surface area contributed by atoms with Gasteiger partial charge in [-0.1, -0.05) is 23.2 Å². The molecule has 1 heterocycles. The van der Waals surface area contributed by atoms with Gasteiger partial charge in [0.05, 0.1) is 16.7 Å². The molecule has 0 spiro atoms. The van der Waals surface area contributed by atoms with E-state index in [1.807, 2.05) is 0 Å². The highest BCUT2D eigenvalue weighted by molar-refractivity contribution is 6.31. The molecule has 1 atom stereocenters. The summed E-state index contributed by atoms with van der Waals surface area (Å²) in [6.45, 7) is 3.71. The van der Waals surface area contributed by atoms with Crippen LogP contribution >= 0.6 is 23.2 Å². The Hall–Kier alpha value is -4.72. The number of nitro groups is 1. The molecule has 5 amide bonds. The van der Waals surface area contributed by atoms with Crippen molar-refractivity contribution in [3.05, 3.63) is 98.5 Å². The standard InChI is InChI=1S/C30H31Cl2N7O6/c1-30(2)27(38(43)28(41)34-23-12-8-21(31)9-13-23)37(24-16-10-22(32)11-17-24)29(42)36(30)18-4-3-5-26(40)35-33-19-20-6-14-25(15-7-20)39(44)45/h6-17,19,27,43H,3-5,18H2,1-2H3,(H,34,41)(H,35,40)/b33-19+/t27-/m1/s1. The third-order valence-corrected chi connectivity index (χ3v) is 7.70. The van der Waals surface area contributed by atoms with Crippen LogP contribution in [0.1, 0.15) is 38.7 Å². The van der Waals surface area contributed by atoms with Crippen LogP contribution in [0.25, 0.3) is 0 Å². The van der Waals surface area contributed by atoms with Gasteiger partial charge < -0.3 is 10.2 Å². The van der Waals surface area contributed by atoms with Crippen molar-refractivity contribution in [3.63, 3.8) is 0 Å². The van der Waals surface area contributed by atoms with Crippen molar-refractivity contribution in [1.29, 1.82) is 0 Å². The van der Waals surface area contributed by atoms with Gasteiger partial charge in [-0.05, 0) is 92.9 Å². The highest BCUT2D eigenvalue weighted by atomic mass is 35.5. The highest BCUT2D eigenvalue weighted by Gasteiger charge is 2.55. The summed E-state index contributed by atoms with van der Waals surface area (Å²) in [5, 5.41) is 29.9. The number of rotatable bonds is 11. The van der Waals surface area contributed by atoms with E-state index in [9.17, 15) is 29.7 Å². The second-order valence-electron chi connectivity index (χ2n) is 10.7. The molecule has 1 fully saturated rings. The Morgan fingerprint density at radius 2 is 1.62 bits per heavy atom. The lowest BCUT2D eigenvalue weighted by atomic mass is 9.99. The third-order valence-electron chi connectivity index (χ3n) is 7.19. The van der Waals surface area contributed by atoms with Crippen molar-refractivity contribution in [3.8, 4) is 0 Å². The van der Waals surface area contributed by atoms with Crippen molar-refractivity contribution in [2.75, 3.05) is 16.8 Å². The zero-order valence-electron chi connectivity index (χ0n) is 24.4. The molecule has 236 valence electrons. The Morgan fingerprint density at radius 1 is 1.02 bits per heavy atom. The maximum atomic E-state index is 13.8. The maximum Gasteiger partial charge on any atom is 0.347 e. The van der Waals surface area contributed by atoms with Crippen LogP contribution in [0.3, 0.4) is 0 Å². The smallest absolute Gasteiger partial charge is 0.315 e. The van der Waals surface area contributed by atoms with Crippen LogP contribution < -0.4 is 15.6 Å². The normalized spacial score (nSPS) is 15.8. The average Bonchev–Trinajstić information content (AvgIpc) is 3.20. The molecule has 1 saturated heterocycles. The molecule has 15 heteroatoms. The first-order valence-corrected chi connectivity index (χ1v) is 14.6. The molecule has 0 unspecified atom stereocenters. The molecular formula is C30H31Cl2N7O6. The molecule has 45 heavy (non-hydrogen) atoms. The van der Waals surface area contributed by atoms with Gasteiger partial charge in [0.1, 0.15) is 0 Å². The predicted octanol–water partition coefficient (Wildman–Crippen LogP) is 6.49. The quantitative estimate of drug-likeness (QED) is 0.0703. The number of nitro benzene ring substituents is 1. The van der Waals surface area contributed by atoms with Crippen LogP contribution in [0.5, 0.6) is 0 Å². The molecule has 4 rings (SSSR count). The van der Waals surface area contributed by atoms with Crippen molar-refractivity contribution >= 4 is 64.4 Å². The van der Waals surface area contributed by atoms with Gasteiger partial charge >= 0.3 is 12.1 Å². The number of nitrogens with zero attached hydrogens (tertiary/aromatic N) is 5. The molecule has 3 aromatic rings. The van der Waals surface area contributed by atoms with E-state index >= 15 is 0 Å². The number of carbonyl (C=O) groups excluding carboxylic acids is 3. The number of hydrazone groups is 1. The second kappa shape index (κ2) is 14.4. The van der Waals surface area contributed by atoms with Gasteiger partial charge in [-0.3, -0.25) is 25.0 Å². The Kier molecular flexibility index (Phi) is 10.6. The van der Waals surface area contributed by atoms with E-state index in [0.29, 0.717) is 44.9 Å². The van der Waals surface area contributed by atoms with Crippen molar-refractivity contribution < 1.29 is 24.5 Å². The van der Waals surface area contributed by atoms with Gasteiger partial charge in [-0.2, -0.15) is 10.2 Å². The van der Waals surface area contributed by atoms with Crippen molar-refractivity contribution in [2.45, 2.75) is 44.8 Å². The fourth-order valence-electron chi connectivity index (χ4n) is 4.88. The number of nitrogens with one attached hydrogen (secondary N) is 2. The van der Waals surface area contributed by atoms with Gasteiger partial charge in [0, 0.05) is 46.5 Å². The monoisotopic (exact) mass is 655 g/mol. The first-order chi connectivity index (χ1) is 21.4. The van der Waals surface area contributed by atoms with E-state index in [2.05, 4.69) is 15.8 Å². The van der Waals surface area contributed by atoms with Gasteiger partial charge in [0.2, 0.25) is 5.91 Å². The molecule has 0 bridgehead atoms. The topological polar surface area (TPSA) is 161 Å². The largest absolute Gasteiger partial charge is 0.347 e. The molecule has 3 N–H and O–H groups in total. The minimum atomic E-state index is -1.13. The molecule has 0 saturated carbocycles. The summed E-state index contributed by atoms with van der Waals surface area (Å²) < 4.78 is 0. The lowest BCUT2D eigenvalue weighted by Crippen LogP contribution is -2.58. The van der Waals surface area contributed by atoms with E-state index < -0.39 is 28.7 Å². The lowest BCUT2D eigenvalue weighted by molar-refractivity contribution is -0.384. The average molecular weight is 657 g/mol. The molecule has 13 nitrogen and oxygen atoms in total. The second-order valence-corrected chi connectivity index (χ2v) is 11.6. The number of unbranched alkanes of at least 4 members (excludes halogenated alkanes) is 1. The Balaban J connectivity index is 1.40. The summed E-state index contributed by atoms with van der Waals surface area (Å²) in [6, 6.07) is 17.2. The fraction of sp³-hybridized carbons (Fsp3) is 0.267. The zero-order chi connectivity index (χ0) is 32.7. The number of halogens is 2. The molecule has 0 aromatic heterocycles. The van der Waals surface area contributed by atoms with E-state index in [1.54, 1.807) is 67.3 Å². The van der Waals surface area contributed by atoms with Gasteiger partial charge in [-0.15, -0.1) is 0 Å². The first kappa shape index (κ1) is 33.2. The summed E-state index contributed by atoms with van der Waals surface area (Å²) in [7, 11) is 0. The highest BCUT2D eigenvalue weighted by Crippen LogP contribution is 2.38. The van der Waals surface area contributed by atoms with Crippen LogP contribution in [0.4, 0.5) is 26.7 Å². The van der Waals surface area contributed by atoms with E-state index in [1.165, 1.54) is 35.4 Å². The molecule has 0 aliphatic carbocycles. The van der Waals surface area contributed by atoms with E-state index in [-0.39, 0.29) is 24.6 Å². The number of hydroxylamine groups is 2. The van der Waals surface area contributed by atoms with Crippen molar-refractivity contribution in [1.82, 2.24) is 15.4 Å². The molecule has 3 aromatic carbocycles. The Labute approximate surface area is 269 Å². The number of hydrogen-bond donors (Lipinski definition) is 3. The molecule has 0 radical (unpaired) electrons. The molecule has 1 aliphatic rings. The Bertz CT molecular complexity index is 1570. The minimum absolute atomic E-state index is 0.0497. The summed E-state index contributed by atoms with van der Waals surface area (Å²) >= 11 is 12.0.